The number of terminal acetylenes is 1. The molecule has 1 aliphatic heterocycles. The van der Waals surface area contributed by atoms with Crippen LogP contribution in [0.2, 0.25) is 0 Å². The van der Waals surface area contributed by atoms with Crippen LogP contribution >= 0.6 is 11.6 Å². The van der Waals surface area contributed by atoms with Gasteiger partial charge in [-0.15, -0.1) is 18.0 Å². The summed E-state index contributed by atoms with van der Waals surface area (Å²) in [7, 11) is 0. The van der Waals surface area contributed by atoms with Crippen molar-refractivity contribution in [2.75, 3.05) is 0 Å². The quantitative estimate of drug-likeness (QED) is 0.420. The third-order valence-corrected chi connectivity index (χ3v) is 3.10. The van der Waals surface area contributed by atoms with E-state index in [-0.39, 0.29) is 17.6 Å². The molecule has 2 heteroatoms. The first-order valence-corrected chi connectivity index (χ1v) is 6.40. The molecule has 17 heavy (non-hydrogen) atoms. The first kappa shape index (κ1) is 14.1. The molecular weight excluding hydrogens is 232 g/mol. The van der Waals surface area contributed by atoms with E-state index in [1.165, 1.54) is 0 Å². The molecule has 0 fully saturated rings. The average molecular weight is 251 g/mol. The Morgan fingerprint density at radius 3 is 2.94 bits per heavy atom. The molecule has 0 amide bonds. The monoisotopic (exact) mass is 250 g/mol. The van der Waals surface area contributed by atoms with Gasteiger partial charge in [0, 0.05) is 0 Å². The summed E-state index contributed by atoms with van der Waals surface area (Å²) in [6.45, 7) is 2.00. The minimum atomic E-state index is 0.00160. The molecule has 1 aliphatic rings. The van der Waals surface area contributed by atoms with Crippen LogP contribution in [0.15, 0.2) is 36.5 Å². The van der Waals surface area contributed by atoms with E-state index >= 15 is 0 Å². The van der Waals surface area contributed by atoms with E-state index in [0.717, 1.165) is 19.3 Å². The van der Waals surface area contributed by atoms with Gasteiger partial charge in [-0.1, -0.05) is 36.3 Å². The van der Waals surface area contributed by atoms with Gasteiger partial charge in [0.05, 0.1) is 17.6 Å². The largest absolute Gasteiger partial charge is 0.369 e. The molecule has 3 unspecified atom stereocenters. The summed E-state index contributed by atoms with van der Waals surface area (Å²) in [6.07, 6.45) is 19.8. The van der Waals surface area contributed by atoms with Gasteiger partial charge in [0.15, 0.2) is 0 Å². The Morgan fingerprint density at radius 1 is 1.47 bits per heavy atom. The molecule has 0 saturated carbocycles. The van der Waals surface area contributed by atoms with Gasteiger partial charge in [0.2, 0.25) is 0 Å². The summed E-state index contributed by atoms with van der Waals surface area (Å²) in [5, 5.41) is 0.00160. The Kier molecular flexibility index (Phi) is 6.77. The molecule has 1 heterocycles. The van der Waals surface area contributed by atoms with Crippen molar-refractivity contribution in [3.63, 3.8) is 0 Å². The molecule has 0 aromatic carbocycles. The topological polar surface area (TPSA) is 9.23 Å². The molecule has 0 aliphatic carbocycles. The molecule has 1 nitrogen and oxygen atoms in total. The number of hydrogen-bond donors (Lipinski definition) is 0. The van der Waals surface area contributed by atoms with E-state index in [4.69, 9.17) is 22.8 Å². The van der Waals surface area contributed by atoms with Crippen molar-refractivity contribution in [1.82, 2.24) is 0 Å². The summed E-state index contributed by atoms with van der Waals surface area (Å²) in [6, 6.07) is 0. The lowest BCUT2D eigenvalue weighted by Crippen LogP contribution is -2.29. The molecule has 0 N–H and O–H groups in total. The Balaban J connectivity index is 2.66. The van der Waals surface area contributed by atoms with Crippen LogP contribution in [-0.4, -0.2) is 17.6 Å². The second-order valence-corrected chi connectivity index (χ2v) is 4.56. The summed E-state index contributed by atoms with van der Waals surface area (Å²) in [5.74, 6) is 2.48. The predicted molar refractivity (Wildman–Crippen MR) is 74.1 cm³/mol. The molecule has 0 saturated heterocycles. The van der Waals surface area contributed by atoms with Crippen molar-refractivity contribution < 1.29 is 4.74 Å². The van der Waals surface area contributed by atoms with Crippen LogP contribution in [0, 0.1) is 12.3 Å². The molecule has 0 spiro atoms. The zero-order chi connectivity index (χ0) is 12.5. The highest BCUT2D eigenvalue weighted by Crippen LogP contribution is 2.22. The number of ether oxygens (including phenoxy) is 1. The van der Waals surface area contributed by atoms with Gasteiger partial charge >= 0.3 is 0 Å². The normalized spacial score (nSPS) is 30.3. The van der Waals surface area contributed by atoms with Crippen molar-refractivity contribution in [3.8, 4) is 12.3 Å². The third-order valence-electron chi connectivity index (χ3n) is 2.64. The smallest absolute Gasteiger partial charge is 0.0794 e. The lowest BCUT2D eigenvalue weighted by atomic mass is 10.1. The van der Waals surface area contributed by atoms with Gasteiger partial charge in [-0.25, -0.2) is 0 Å². The van der Waals surface area contributed by atoms with Crippen molar-refractivity contribution in [2.24, 2.45) is 0 Å². The van der Waals surface area contributed by atoms with E-state index in [9.17, 15) is 0 Å². The molecule has 1 rings (SSSR count). The van der Waals surface area contributed by atoms with E-state index in [0.29, 0.717) is 0 Å². The predicted octanol–water partition coefficient (Wildman–Crippen LogP) is 3.85. The fourth-order valence-electron chi connectivity index (χ4n) is 1.79. The fraction of sp³-hybridized carbons (Fsp3) is 0.467. The standard InChI is InChI=1S/C15H19ClO/c1-3-5-6-12-15-14(16)11-8-7-10-13(17-15)9-4-2/h1,4-9,13-15H,10-12H2,2H3. The highest BCUT2D eigenvalue weighted by Gasteiger charge is 2.22. The van der Waals surface area contributed by atoms with Crippen LogP contribution in [0.5, 0.6) is 0 Å². The second-order valence-electron chi connectivity index (χ2n) is 4.00. The maximum Gasteiger partial charge on any atom is 0.0794 e. The van der Waals surface area contributed by atoms with Crippen LogP contribution in [0.25, 0.3) is 0 Å². The highest BCUT2D eigenvalue weighted by molar-refractivity contribution is 6.21. The van der Waals surface area contributed by atoms with Crippen LogP contribution < -0.4 is 0 Å². The first-order valence-electron chi connectivity index (χ1n) is 5.96. The van der Waals surface area contributed by atoms with Crippen molar-refractivity contribution in [1.29, 1.82) is 0 Å². The number of rotatable bonds is 3. The molecule has 3 atom stereocenters. The zero-order valence-corrected chi connectivity index (χ0v) is 10.9. The summed E-state index contributed by atoms with van der Waals surface area (Å²) < 4.78 is 6.00. The third kappa shape index (κ3) is 5.26. The first-order chi connectivity index (χ1) is 8.27. The van der Waals surface area contributed by atoms with E-state index in [1.54, 1.807) is 6.08 Å². The van der Waals surface area contributed by atoms with E-state index in [1.807, 2.05) is 19.1 Å². The Bertz CT molecular complexity index is 335. The minimum Gasteiger partial charge on any atom is -0.369 e. The Labute approximate surface area is 109 Å². The van der Waals surface area contributed by atoms with E-state index in [2.05, 4.69) is 24.1 Å². The number of hydrogen-bond acceptors (Lipinski definition) is 1. The van der Waals surface area contributed by atoms with Crippen molar-refractivity contribution in [3.05, 3.63) is 36.5 Å². The highest BCUT2D eigenvalue weighted by atomic mass is 35.5. The maximum absolute atomic E-state index is 6.32. The summed E-state index contributed by atoms with van der Waals surface area (Å²) >= 11 is 6.32. The summed E-state index contributed by atoms with van der Waals surface area (Å²) in [4.78, 5) is 0. The molecule has 0 radical (unpaired) electrons. The summed E-state index contributed by atoms with van der Waals surface area (Å²) in [5.41, 5.74) is 0. The zero-order valence-electron chi connectivity index (χ0n) is 10.2. The van der Waals surface area contributed by atoms with Gasteiger partial charge in [0.25, 0.3) is 0 Å². The molecule has 0 aromatic rings. The fourth-order valence-corrected chi connectivity index (χ4v) is 2.05. The second kappa shape index (κ2) is 8.17. The Morgan fingerprint density at radius 2 is 2.24 bits per heavy atom. The van der Waals surface area contributed by atoms with Gasteiger partial charge in [-0.05, 0) is 32.3 Å². The van der Waals surface area contributed by atoms with E-state index < -0.39 is 0 Å². The van der Waals surface area contributed by atoms with Gasteiger partial charge in [-0.3, -0.25) is 0 Å². The van der Waals surface area contributed by atoms with Crippen LogP contribution in [-0.2, 0) is 4.74 Å². The van der Waals surface area contributed by atoms with Crippen LogP contribution in [0.3, 0.4) is 0 Å². The Hall–Kier alpha value is -0.970. The molecular formula is C15H19ClO. The number of allylic oxidation sites excluding steroid dienone is 3. The molecule has 92 valence electrons. The van der Waals surface area contributed by atoms with Gasteiger partial charge in [0.1, 0.15) is 0 Å². The molecule has 0 aromatic heterocycles. The number of halogens is 1. The van der Waals surface area contributed by atoms with Crippen molar-refractivity contribution in [2.45, 2.75) is 43.8 Å². The maximum atomic E-state index is 6.32. The van der Waals surface area contributed by atoms with Crippen LogP contribution in [0.4, 0.5) is 0 Å². The minimum absolute atomic E-state index is 0.00160. The van der Waals surface area contributed by atoms with Gasteiger partial charge < -0.3 is 4.74 Å². The van der Waals surface area contributed by atoms with Gasteiger partial charge in [-0.2, -0.15) is 0 Å². The van der Waals surface area contributed by atoms with Crippen molar-refractivity contribution >= 4 is 11.6 Å². The lowest BCUT2D eigenvalue weighted by molar-refractivity contribution is 0.0129. The number of alkyl halides is 1. The molecule has 0 bridgehead atoms. The van der Waals surface area contributed by atoms with Crippen LogP contribution in [0.1, 0.15) is 26.2 Å². The average Bonchev–Trinajstić information content (AvgIpc) is 2.31. The SMILES string of the molecule is C#CC=CCC1OC(C=CC)CC=CCC1Cl. The lowest BCUT2D eigenvalue weighted by Gasteiger charge is -2.26.